The van der Waals surface area contributed by atoms with E-state index in [1.54, 1.807) is 11.4 Å². The van der Waals surface area contributed by atoms with Crippen molar-refractivity contribution >= 4 is 40.2 Å². The smallest absolute Gasteiger partial charge is 0.397 e. The number of nitrogens with two attached hydrogens (primary N) is 1. The summed E-state index contributed by atoms with van der Waals surface area (Å²) in [7, 11) is 0. The fourth-order valence-corrected chi connectivity index (χ4v) is 2.47. The van der Waals surface area contributed by atoms with Crippen LogP contribution in [0.5, 0.6) is 0 Å². The number of carbonyl (C=O) groups is 1. The molecule has 0 unspecified atom stereocenters. The minimum Gasteiger partial charge on any atom is -0.397 e. The van der Waals surface area contributed by atoms with Gasteiger partial charge in [-0.2, -0.15) is 13.2 Å². The first-order valence-corrected chi connectivity index (χ1v) is 6.55. The van der Waals surface area contributed by atoms with Crippen molar-refractivity contribution < 1.29 is 18.0 Å². The molecule has 0 aliphatic rings. The van der Waals surface area contributed by atoms with Gasteiger partial charge in [-0.25, -0.2) is 0 Å². The molecule has 2 rings (SSSR count). The highest BCUT2D eigenvalue weighted by Crippen LogP contribution is 2.33. The topological polar surface area (TPSA) is 55.1 Å². The van der Waals surface area contributed by atoms with E-state index in [-0.39, 0.29) is 21.3 Å². The number of thiophene rings is 1. The predicted molar refractivity (Wildman–Crippen MR) is 73.1 cm³/mol. The average Bonchev–Trinajstić information content (AvgIpc) is 2.73. The summed E-state index contributed by atoms with van der Waals surface area (Å²) in [5.74, 6) is -0.576. The minimum absolute atomic E-state index is 0.0392. The highest BCUT2D eigenvalue weighted by Gasteiger charge is 2.31. The van der Waals surface area contributed by atoms with E-state index < -0.39 is 17.6 Å². The van der Waals surface area contributed by atoms with Gasteiger partial charge in [-0.05, 0) is 29.6 Å². The van der Waals surface area contributed by atoms with Crippen molar-refractivity contribution in [2.75, 3.05) is 11.1 Å². The number of carbonyl (C=O) groups excluding carboxylic acids is 1. The zero-order valence-corrected chi connectivity index (χ0v) is 11.4. The fourth-order valence-electron chi connectivity index (χ4n) is 1.52. The number of hydrogen-bond acceptors (Lipinski definition) is 3. The van der Waals surface area contributed by atoms with Crippen LogP contribution in [0.2, 0.25) is 5.02 Å². The molecule has 0 radical (unpaired) electrons. The van der Waals surface area contributed by atoms with Gasteiger partial charge in [-0.1, -0.05) is 11.6 Å². The Hall–Kier alpha value is -1.73. The Morgan fingerprint density at radius 1 is 1.30 bits per heavy atom. The van der Waals surface area contributed by atoms with E-state index in [1.807, 2.05) is 0 Å². The van der Waals surface area contributed by atoms with Gasteiger partial charge in [0.25, 0.3) is 5.91 Å². The normalized spacial score (nSPS) is 11.4. The van der Waals surface area contributed by atoms with Gasteiger partial charge in [0.1, 0.15) is 4.88 Å². The molecule has 3 N–H and O–H groups in total. The maximum atomic E-state index is 12.6. The van der Waals surface area contributed by atoms with E-state index in [1.165, 1.54) is 6.07 Å². The first-order valence-electron chi connectivity index (χ1n) is 5.29. The Balaban J connectivity index is 2.28. The van der Waals surface area contributed by atoms with Gasteiger partial charge in [-0.3, -0.25) is 4.79 Å². The van der Waals surface area contributed by atoms with Crippen molar-refractivity contribution in [2.45, 2.75) is 6.18 Å². The second kappa shape index (κ2) is 5.34. The van der Waals surface area contributed by atoms with Gasteiger partial charge in [0.2, 0.25) is 0 Å². The second-order valence-electron chi connectivity index (χ2n) is 3.89. The van der Waals surface area contributed by atoms with Gasteiger partial charge in [0, 0.05) is 10.7 Å². The van der Waals surface area contributed by atoms with E-state index in [2.05, 4.69) is 5.32 Å². The fraction of sp³-hybridized carbons (Fsp3) is 0.0833. The third kappa shape index (κ3) is 3.23. The summed E-state index contributed by atoms with van der Waals surface area (Å²) in [5, 5.41) is 3.84. The lowest BCUT2D eigenvalue weighted by molar-refractivity contribution is -0.137. The number of anilines is 2. The summed E-state index contributed by atoms with van der Waals surface area (Å²) in [5.41, 5.74) is 4.87. The second-order valence-corrected chi connectivity index (χ2v) is 5.24. The van der Waals surface area contributed by atoms with E-state index in [0.717, 1.165) is 23.5 Å². The highest BCUT2D eigenvalue weighted by atomic mass is 35.5. The molecule has 8 heteroatoms. The summed E-state index contributed by atoms with van der Waals surface area (Å²) in [6, 6.07) is 4.38. The van der Waals surface area contributed by atoms with Gasteiger partial charge in [0.15, 0.2) is 0 Å². The lowest BCUT2D eigenvalue weighted by Crippen LogP contribution is -2.13. The molecule has 1 aromatic heterocycles. The number of amides is 1. The Labute approximate surface area is 121 Å². The predicted octanol–water partition coefficient (Wildman–Crippen LogP) is 4.25. The number of rotatable bonds is 2. The minimum atomic E-state index is -4.54. The van der Waals surface area contributed by atoms with Crippen LogP contribution in [0.25, 0.3) is 0 Å². The summed E-state index contributed by atoms with van der Waals surface area (Å²) in [6.07, 6.45) is -4.54. The average molecular weight is 321 g/mol. The number of benzene rings is 1. The molecule has 2 aromatic rings. The van der Waals surface area contributed by atoms with Gasteiger partial charge >= 0.3 is 6.18 Å². The number of nitrogens with one attached hydrogen (secondary N) is 1. The van der Waals surface area contributed by atoms with Crippen LogP contribution in [0.1, 0.15) is 15.2 Å². The molecule has 0 fully saturated rings. The van der Waals surface area contributed by atoms with E-state index in [0.29, 0.717) is 0 Å². The number of hydrogen-bond donors (Lipinski definition) is 2. The first kappa shape index (κ1) is 14.7. The first-order chi connectivity index (χ1) is 9.27. The van der Waals surface area contributed by atoms with Crippen LogP contribution >= 0.6 is 22.9 Å². The van der Waals surface area contributed by atoms with Crippen molar-refractivity contribution in [2.24, 2.45) is 0 Å². The standard InChI is InChI=1S/C12H8ClF3N2OS/c13-7-3-6(12(14,15)16)4-8(5-7)18-11(19)10-9(17)1-2-20-10/h1-5H,17H2,(H,18,19). The summed E-state index contributed by atoms with van der Waals surface area (Å²) in [6.45, 7) is 0. The molecular formula is C12H8ClF3N2OS. The Bertz CT molecular complexity index is 654. The molecule has 1 amide bonds. The quantitative estimate of drug-likeness (QED) is 0.869. The molecule has 1 heterocycles. The van der Waals surface area contributed by atoms with Crippen molar-refractivity contribution in [1.29, 1.82) is 0 Å². The molecular weight excluding hydrogens is 313 g/mol. The van der Waals surface area contributed by atoms with E-state index in [9.17, 15) is 18.0 Å². The van der Waals surface area contributed by atoms with Crippen LogP contribution in [0.4, 0.5) is 24.5 Å². The third-order valence-electron chi connectivity index (χ3n) is 2.38. The summed E-state index contributed by atoms with van der Waals surface area (Å²) in [4.78, 5) is 12.1. The monoisotopic (exact) mass is 320 g/mol. The third-order valence-corrected chi connectivity index (χ3v) is 3.53. The van der Waals surface area contributed by atoms with Crippen LogP contribution in [-0.2, 0) is 6.18 Å². The van der Waals surface area contributed by atoms with Crippen molar-refractivity contribution in [3.05, 3.63) is 45.1 Å². The lowest BCUT2D eigenvalue weighted by atomic mass is 10.2. The molecule has 20 heavy (non-hydrogen) atoms. The highest BCUT2D eigenvalue weighted by molar-refractivity contribution is 7.12. The SMILES string of the molecule is Nc1ccsc1C(=O)Nc1cc(Cl)cc(C(F)(F)F)c1. The van der Waals surface area contributed by atoms with E-state index in [4.69, 9.17) is 17.3 Å². The number of alkyl halides is 3. The molecule has 1 aromatic carbocycles. The Morgan fingerprint density at radius 2 is 2.00 bits per heavy atom. The van der Waals surface area contributed by atoms with Crippen molar-refractivity contribution in [3.63, 3.8) is 0 Å². The van der Waals surface area contributed by atoms with E-state index >= 15 is 0 Å². The summed E-state index contributed by atoms with van der Waals surface area (Å²) < 4.78 is 37.9. The molecule has 0 aliphatic carbocycles. The zero-order valence-electron chi connectivity index (χ0n) is 9.79. The van der Waals surface area contributed by atoms with Crippen LogP contribution in [0.3, 0.4) is 0 Å². The molecule has 0 bridgehead atoms. The number of halogens is 4. The molecule has 0 spiro atoms. The van der Waals surface area contributed by atoms with Gasteiger partial charge in [-0.15, -0.1) is 11.3 Å². The van der Waals surface area contributed by atoms with Crippen molar-refractivity contribution in [3.8, 4) is 0 Å². The largest absolute Gasteiger partial charge is 0.416 e. The van der Waals surface area contributed by atoms with Gasteiger partial charge in [0.05, 0.1) is 11.3 Å². The molecule has 0 saturated carbocycles. The van der Waals surface area contributed by atoms with Crippen LogP contribution in [0, 0.1) is 0 Å². The van der Waals surface area contributed by atoms with Crippen LogP contribution in [0.15, 0.2) is 29.6 Å². The Kier molecular flexibility index (Phi) is 3.92. The maximum absolute atomic E-state index is 12.6. The maximum Gasteiger partial charge on any atom is 0.416 e. The molecule has 0 atom stereocenters. The molecule has 3 nitrogen and oxygen atoms in total. The Morgan fingerprint density at radius 3 is 2.55 bits per heavy atom. The lowest BCUT2D eigenvalue weighted by Gasteiger charge is -2.10. The van der Waals surface area contributed by atoms with Crippen LogP contribution < -0.4 is 11.1 Å². The summed E-state index contributed by atoms with van der Waals surface area (Å²) >= 11 is 6.72. The van der Waals surface area contributed by atoms with Crippen molar-refractivity contribution in [1.82, 2.24) is 0 Å². The molecule has 106 valence electrons. The molecule has 0 aliphatic heterocycles. The molecule has 0 saturated heterocycles. The van der Waals surface area contributed by atoms with Crippen LogP contribution in [-0.4, -0.2) is 5.91 Å². The zero-order chi connectivity index (χ0) is 14.9. The van der Waals surface area contributed by atoms with Gasteiger partial charge < -0.3 is 11.1 Å². The number of nitrogen functional groups attached to an aromatic ring is 1.